The zero-order valence-electron chi connectivity index (χ0n) is 23.7. The Morgan fingerprint density at radius 3 is 2.32 bits per heavy atom. The minimum atomic E-state index is -1.20. The second-order valence-electron chi connectivity index (χ2n) is 15.1. The number of rotatable bonds is 6. The van der Waals surface area contributed by atoms with Gasteiger partial charge in [-0.3, -0.25) is 0 Å². The second kappa shape index (κ2) is 8.25. The Bertz CT molecular complexity index is 956. The lowest BCUT2D eigenvalue weighted by molar-refractivity contribution is -0.168. The van der Waals surface area contributed by atoms with Crippen LogP contribution >= 0.6 is 0 Å². The Morgan fingerprint density at radius 2 is 1.73 bits per heavy atom. The second-order valence-corrected chi connectivity index (χ2v) is 15.1. The summed E-state index contributed by atoms with van der Waals surface area (Å²) in [6.07, 6.45) is 2.70. The van der Waals surface area contributed by atoms with Crippen LogP contribution in [-0.2, 0) is 4.74 Å². The van der Waals surface area contributed by atoms with Gasteiger partial charge in [-0.25, -0.2) is 0 Å². The molecule has 6 N–H and O–H groups in total. The molecule has 1 aliphatic heterocycles. The molecular weight excluding hydrogens is 472 g/mol. The van der Waals surface area contributed by atoms with Gasteiger partial charge in [0.2, 0.25) is 0 Å². The average molecular weight is 523 g/mol. The third-order valence-corrected chi connectivity index (χ3v) is 12.7. The summed E-state index contributed by atoms with van der Waals surface area (Å²) in [7, 11) is 0. The summed E-state index contributed by atoms with van der Waals surface area (Å²) < 4.78 is 6.75. The number of aliphatic hydroxyl groups excluding tert-OH is 5. The van der Waals surface area contributed by atoms with E-state index < -0.39 is 51.9 Å². The molecule has 37 heavy (non-hydrogen) atoms. The highest BCUT2D eigenvalue weighted by atomic mass is 16.6. The predicted molar refractivity (Wildman–Crippen MR) is 139 cm³/mol. The summed E-state index contributed by atoms with van der Waals surface area (Å²) in [5.74, 6) is 0.0416. The van der Waals surface area contributed by atoms with E-state index >= 15 is 0 Å². The third kappa shape index (κ3) is 3.37. The van der Waals surface area contributed by atoms with Gasteiger partial charge in [0.25, 0.3) is 0 Å². The number of ether oxygens (including phenoxy) is 1. The fourth-order valence-electron chi connectivity index (χ4n) is 10.2. The molecule has 0 aromatic carbocycles. The van der Waals surface area contributed by atoms with Gasteiger partial charge in [-0.1, -0.05) is 40.7 Å². The molecule has 212 valence electrons. The largest absolute Gasteiger partial charge is 0.396 e. The summed E-state index contributed by atoms with van der Waals surface area (Å²) in [6, 6.07) is 0. The summed E-state index contributed by atoms with van der Waals surface area (Å²) in [5, 5.41) is 64.9. The van der Waals surface area contributed by atoms with E-state index in [4.69, 9.17) is 4.74 Å². The average Bonchev–Trinajstić information content (AvgIpc) is 3.47. The molecule has 1 heterocycles. The van der Waals surface area contributed by atoms with E-state index in [0.717, 1.165) is 24.8 Å². The Hall–Kier alpha value is -0.540. The first-order chi connectivity index (χ1) is 16.9. The molecule has 0 amide bonds. The van der Waals surface area contributed by atoms with Gasteiger partial charge in [0, 0.05) is 17.4 Å². The number of fused-ring (bicyclic) bond motifs is 3. The molecule has 12 atom stereocenters. The molecule has 0 aromatic heterocycles. The Kier molecular flexibility index (Phi) is 6.24. The fourth-order valence-corrected chi connectivity index (χ4v) is 10.2. The van der Waals surface area contributed by atoms with Crippen molar-refractivity contribution in [3.05, 3.63) is 11.6 Å². The number of epoxide rings is 1. The third-order valence-electron chi connectivity index (χ3n) is 12.7. The van der Waals surface area contributed by atoms with Gasteiger partial charge in [0.15, 0.2) is 0 Å². The van der Waals surface area contributed by atoms with E-state index in [0.29, 0.717) is 19.3 Å². The Balaban J connectivity index is 1.52. The van der Waals surface area contributed by atoms with Crippen LogP contribution < -0.4 is 0 Å². The molecule has 0 bridgehead atoms. The first-order valence-corrected chi connectivity index (χ1v) is 14.4. The molecule has 4 aliphatic carbocycles. The van der Waals surface area contributed by atoms with Gasteiger partial charge in [-0.05, 0) is 86.5 Å². The summed E-state index contributed by atoms with van der Waals surface area (Å²) >= 11 is 0. The van der Waals surface area contributed by atoms with Crippen molar-refractivity contribution in [2.75, 3.05) is 6.61 Å². The highest BCUT2D eigenvalue weighted by Gasteiger charge is 2.83. The Morgan fingerprint density at radius 1 is 1.08 bits per heavy atom. The van der Waals surface area contributed by atoms with Crippen LogP contribution in [0.2, 0.25) is 0 Å². The van der Waals surface area contributed by atoms with E-state index in [2.05, 4.69) is 20.8 Å². The van der Waals surface area contributed by atoms with Crippen molar-refractivity contribution in [2.24, 2.45) is 39.4 Å². The summed E-state index contributed by atoms with van der Waals surface area (Å²) in [5.41, 5.74) is -2.39. The van der Waals surface area contributed by atoms with Crippen molar-refractivity contribution >= 4 is 0 Å². The summed E-state index contributed by atoms with van der Waals surface area (Å²) in [6.45, 7) is 13.9. The van der Waals surface area contributed by atoms with Crippen LogP contribution in [0.3, 0.4) is 0 Å². The highest BCUT2D eigenvalue weighted by molar-refractivity contribution is 5.48. The van der Waals surface area contributed by atoms with Crippen LogP contribution in [0.15, 0.2) is 11.6 Å². The molecule has 0 aromatic rings. The molecule has 4 fully saturated rings. The van der Waals surface area contributed by atoms with Crippen molar-refractivity contribution in [1.29, 1.82) is 0 Å². The van der Waals surface area contributed by atoms with Crippen molar-refractivity contribution < 1.29 is 35.4 Å². The topological polar surface area (TPSA) is 134 Å². The van der Waals surface area contributed by atoms with Crippen molar-refractivity contribution in [1.82, 2.24) is 0 Å². The number of hydrogen-bond acceptors (Lipinski definition) is 7. The van der Waals surface area contributed by atoms with Crippen LogP contribution in [0.4, 0.5) is 0 Å². The quantitative estimate of drug-likeness (QED) is 0.233. The van der Waals surface area contributed by atoms with E-state index in [1.54, 1.807) is 13.8 Å². The maximum absolute atomic E-state index is 11.9. The molecule has 1 unspecified atom stereocenters. The molecule has 3 saturated carbocycles. The van der Waals surface area contributed by atoms with Gasteiger partial charge in [0.1, 0.15) is 5.60 Å². The van der Waals surface area contributed by atoms with Crippen molar-refractivity contribution in [3.8, 4) is 0 Å². The normalized spacial score (nSPS) is 51.8. The molecular formula is C30H50O7. The predicted octanol–water partition coefficient (Wildman–Crippen LogP) is 2.55. The van der Waals surface area contributed by atoms with E-state index in [1.807, 2.05) is 19.9 Å². The molecule has 0 radical (unpaired) electrons. The fraction of sp³-hybridized carbons (Fsp3) is 0.933. The maximum atomic E-state index is 11.9. The van der Waals surface area contributed by atoms with Gasteiger partial charge in [-0.2, -0.15) is 0 Å². The van der Waals surface area contributed by atoms with E-state index in [-0.39, 0.29) is 35.9 Å². The lowest BCUT2D eigenvalue weighted by Crippen LogP contribution is -2.66. The highest BCUT2D eigenvalue weighted by Crippen LogP contribution is 2.80. The van der Waals surface area contributed by atoms with Crippen molar-refractivity contribution in [3.63, 3.8) is 0 Å². The first-order valence-electron chi connectivity index (χ1n) is 14.4. The monoisotopic (exact) mass is 522 g/mol. The van der Waals surface area contributed by atoms with Crippen LogP contribution in [0.1, 0.15) is 87.0 Å². The van der Waals surface area contributed by atoms with Gasteiger partial charge in [0.05, 0.1) is 36.1 Å². The van der Waals surface area contributed by atoms with E-state index in [9.17, 15) is 30.6 Å². The lowest BCUT2D eigenvalue weighted by Gasteiger charge is -2.64. The van der Waals surface area contributed by atoms with Crippen LogP contribution in [0, 0.1) is 39.4 Å². The van der Waals surface area contributed by atoms with E-state index in [1.165, 1.54) is 0 Å². The van der Waals surface area contributed by atoms with Gasteiger partial charge < -0.3 is 35.4 Å². The standard InChI is InChI=1S/C30H50O7/c1-25(2)19-13-23-30(37-23)20(27(19,5)14-18(32)24(25)35)12-22(34)29(7)17(10-11-28(29,30)6)16(15-31)8-9-21(33)26(3,4)36/h12,16-19,21-24,31-36H,8-11,13-15H2,1-7H3/t16-,17+,18+,19-,21?,22-,23-,24-,27-,28+,29-,30+/m0/s1. The zero-order chi connectivity index (χ0) is 27.6. The molecule has 5 rings (SSSR count). The lowest BCUT2D eigenvalue weighted by atomic mass is 9.40. The number of hydrogen-bond donors (Lipinski definition) is 6. The molecule has 5 aliphatic rings. The molecule has 7 heteroatoms. The van der Waals surface area contributed by atoms with Gasteiger partial charge >= 0.3 is 0 Å². The smallest absolute Gasteiger partial charge is 0.122 e. The maximum Gasteiger partial charge on any atom is 0.122 e. The van der Waals surface area contributed by atoms with Crippen LogP contribution in [-0.4, -0.2) is 79.0 Å². The minimum Gasteiger partial charge on any atom is -0.396 e. The first kappa shape index (κ1) is 28.0. The van der Waals surface area contributed by atoms with Gasteiger partial charge in [-0.15, -0.1) is 0 Å². The molecule has 7 nitrogen and oxygen atoms in total. The SMILES string of the molecule is CC(C)(O)C(O)CC[C@@H](CO)[C@H]1CC[C@]2(C)[C@]1(C)[C@@H](O)C=C1[C@]23O[C@H]3C[C@H]2C(C)(C)[C@@H](O)[C@H](O)C[C@]12C. The van der Waals surface area contributed by atoms with Crippen LogP contribution in [0.5, 0.6) is 0 Å². The number of aliphatic hydroxyl groups is 6. The summed E-state index contributed by atoms with van der Waals surface area (Å²) in [4.78, 5) is 0. The molecule has 1 saturated heterocycles. The Labute approximate surface area is 221 Å². The van der Waals surface area contributed by atoms with Crippen LogP contribution in [0.25, 0.3) is 0 Å². The minimum absolute atomic E-state index is 0.0127. The zero-order valence-corrected chi connectivity index (χ0v) is 23.7. The molecule has 1 spiro atoms. The van der Waals surface area contributed by atoms with Crippen molar-refractivity contribution in [2.45, 2.75) is 129 Å².